The third-order valence-electron chi connectivity index (χ3n) is 4.49. The molecule has 0 unspecified atom stereocenters. The summed E-state index contributed by atoms with van der Waals surface area (Å²) in [7, 11) is 0. The summed E-state index contributed by atoms with van der Waals surface area (Å²) in [6, 6.07) is 16.2. The Balaban J connectivity index is 2.10. The van der Waals surface area contributed by atoms with Crippen molar-refractivity contribution in [1.82, 2.24) is 0 Å². The van der Waals surface area contributed by atoms with Crippen molar-refractivity contribution in [3.8, 4) is 11.1 Å². The van der Waals surface area contributed by atoms with E-state index in [0.29, 0.717) is 0 Å². The van der Waals surface area contributed by atoms with Crippen LogP contribution in [0.4, 0.5) is 0 Å². The van der Waals surface area contributed by atoms with Crippen molar-refractivity contribution in [3.63, 3.8) is 0 Å². The molecule has 1 fully saturated rings. The highest BCUT2D eigenvalue weighted by atomic mass is 16.4. The fourth-order valence-corrected chi connectivity index (χ4v) is 3.00. The summed E-state index contributed by atoms with van der Waals surface area (Å²) in [6.45, 7) is 2.07. The van der Waals surface area contributed by atoms with E-state index in [0.717, 1.165) is 36.0 Å². The average Bonchev–Trinajstić information content (AvgIpc) is 2.40. The standard InChI is InChI=1S/C18H18O2/c1-13-8-9-15(18(17(19)20)10-5-11-18)12-16(13)14-6-3-2-4-7-14/h2-4,6-9,12H,5,10-11H2,1H3,(H,19,20). The summed E-state index contributed by atoms with van der Waals surface area (Å²) in [5.74, 6) is -0.688. The summed E-state index contributed by atoms with van der Waals surface area (Å²) < 4.78 is 0. The Morgan fingerprint density at radius 2 is 1.80 bits per heavy atom. The molecule has 2 nitrogen and oxygen atoms in total. The molecule has 1 N–H and O–H groups in total. The maximum absolute atomic E-state index is 11.6. The van der Waals surface area contributed by atoms with E-state index < -0.39 is 11.4 Å². The highest BCUT2D eigenvalue weighted by Gasteiger charge is 2.45. The number of hydrogen-bond acceptors (Lipinski definition) is 1. The van der Waals surface area contributed by atoms with Crippen molar-refractivity contribution in [3.05, 3.63) is 59.7 Å². The SMILES string of the molecule is Cc1ccc(C2(C(=O)O)CCC2)cc1-c1ccccc1. The molecule has 0 heterocycles. The zero-order valence-electron chi connectivity index (χ0n) is 11.6. The van der Waals surface area contributed by atoms with Gasteiger partial charge in [-0.3, -0.25) is 4.79 Å². The van der Waals surface area contributed by atoms with Crippen molar-refractivity contribution in [2.45, 2.75) is 31.6 Å². The first-order valence-corrected chi connectivity index (χ1v) is 7.03. The molecule has 2 aromatic rings. The molecule has 0 atom stereocenters. The zero-order chi connectivity index (χ0) is 14.2. The van der Waals surface area contributed by atoms with Crippen LogP contribution >= 0.6 is 0 Å². The monoisotopic (exact) mass is 266 g/mol. The second-order valence-corrected chi connectivity index (χ2v) is 5.64. The first kappa shape index (κ1) is 12.9. The smallest absolute Gasteiger partial charge is 0.314 e. The van der Waals surface area contributed by atoms with E-state index in [2.05, 4.69) is 25.1 Å². The van der Waals surface area contributed by atoms with Gasteiger partial charge in [0.1, 0.15) is 0 Å². The molecule has 20 heavy (non-hydrogen) atoms. The molecule has 0 aromatic heterocycles. The lowest BCUT2D eigenvalue weighted by Gasteiger charge is -2.38. The molecule has 2 heteroatoms. The van der Waals surface area contributed by atoms with Crippen molar-refractivity contribution in [1.29, 1.82) is 0 Å². The van der Waals surface area contributed by atoms with Gasteiger partial charge in [0.2, 0.25) is 0 Å². The van der Waals surface area contributed by atoms with Crippen LogP contribution in [-0.2, 0) is 10.2 Å². The van der Waals surface area contributed by atoms with Crippen LogP contribution in [0.25, 0.3) is 11.1 Å². The molecule has 0 spiro atoms. The first-order chi connectivity index (χ1) is 9.63. The van der Waals surface area contributed by atoms with E-state index >= 15 is 0 Å². The number of carboxylic acids is 1. The Labute approximate surface area is 119 Å². The third-order valence-corrected chi connectivity index (χ3v) is 4.49. The normalized spacial score (nSPS) is 16.4. The summed E-state index contributed by atoms with van der Waals surface area (Å²) in [5.41, 5.74) is 3.75. The molecular weight excluding hydrogens is 248 g/mol. The van der Waals surface area contributed by atoms with Crippen LogP contribution in [0, 0.1) is 6.92 Å². The molecule has 2 aromatic carbocycles. The number of rotatable bonds is 3. The highest BCUT2D eigenvalue weighted by molar-refractivity contribution is 5.83. The van der Waals surface area contributed by atoms with Crippen LogP contribution in [0.1, 0.15) is 30.4 Å². The Hall–Kier alpha value is -2.09. The van der Waals surface area contributed by atoms with E-state index in [1.807, 2.05) is 30.3 Å². The van der Waals surface area contributed by atoms with Gasteiger partial charge in [-0.25, -0.2) is 0 Å². The van der Waals surface area contributed by atoms with E-state index in [4.69, 9.17) is 0 Å². The van der Waals surface area contributed by atoms with Crippen LogP contribution in [0.15, 0.2) is 48.5 Å². The Bertz CT molecular complexity index is 640. The summed E-state index contributed by atoms with van der Waals surface area (Å²) in [5, 5.41) is 9.57. The number of aliphatic carboxylic acids is 1. The minimum Gasteiger partial charge on any atom is -0.481 e. The molecule has 0 aliphatic heterocycles. The second kappa shape index (κ2) is 4.78. The van der Waals surface area contributed by atoms with Gasteiger partial charge in [-0.15, -0.1) is 0 Å². The van der Waals surface area contributed by atoms with Gasteiger partial charge in [0.25, 0.3) is 0 Å². The van der Waals surface area contributed by atoms with Gasteiger partial charge in [0.15, 0.2) is 0 Å². The predicted molar refractivity (Wildman–Crippen MR) is 79.8 cm³/mol. The van der Waals surface area contributed by atoms with Crippen LogP contribution in [0.2, 0.25) is 0 Å². The molecular formula is C18H18O2. The Morgan fingerprint density at radius 1 is 1.10 bits per heavy atom. The number of aryl methyl sites for hydroxylation is 1. The lowest BCUT2D eigenvalue weighted by atomic mass is 9.64. The second-order valence-electron chi connectivity index (χ2n) is 5.64. The molecule has 0 saturated heterocycles. The Kier molecular flexibility index (Phi) is 3.09. The predicted octanol–water partition coefficient (Wildman–Crippen LogP) is 4.17. The van der Waals surface area contributed by atoms with Gasteiger partial charge < -0.3 is 5.11 Å². The lowest BCUT2D eigenvalue weighted by molar-refractivity contribution is -0.147. The number of carbonyl (C=O) groups is 1. The minimum atomic E-state index is -0.688. The molecule has 1 saturated carbocycles. The maximum Gasteiger partial charge on any atom is 0.314 e. The van der Waals surface area contributed by atoms with Crippen LogP contribution in [0.3, 0.4) is 0 Å². The molecule has 102 valence electrons. The van der Waals surface area contributed by atoms with Crippen LogP contribution in [0.5, 0.6) is 0 Å². The largest absolute Gasteiger partial charge is 0.481 e. The quantitative estimate of drug-likeness (QED) is 0.905. The first-order valence-electron chi connectivity index (χ1n) is 7.03. The van der Waals surface area contributed by atoms with Crippen molar-refractivity contribution >= 4 is 5.97 Å². The number of hydrogen-bond donors (Lipinski definition) is 1. The molecule has 1 aliphatic carbocycles. The van der Waals surface area contributed by atoms with Crippen molar-refractivity contribution < 1.29 is 9.90 Å². The summed E-state index contributed by atoms with van der Waals surface area (Å²) >= 11 is 0. The van der Waals surface area contributed by atoms with Crippen LogP contribution < -0.4 is 0 Å². The average molecular weight is 266 g/mol. The summed E-state index contributed by atoms with van der Waals surface area (Å²) in [4.78, 5) is 11.6. The number of benzene rings is 2. The van der Waals surface area contributed by atoms with Crippen LogP contribution in [-0.4, -0.2) is 11.1 Å². The van der Waals surface area contributed by atoms with Gasteiger partial charge in [0, 0.05) is 0 Å². The molecule has 0 radical (unpaired) electrons. The lowest BCUT2D eigenvalue weighted by Crippen LogP contribution is -2.42. The van der Waals surface area contributed by atoms with Gasteiger partial charge in [-0.2, -0.15) is 0 Å². The van der Waals surface area contributed by atoms with Gasteiger partial charge in [-0.05, 0) is 48.1 Å². The van der Waals surface area contributed by atoms with E-state index in [1.54, 1.807) is 0 Å². The maximum atomic E-state index is 11.6. The minimum absolute atomic E-state index is 0.656. The molecule has 0 amide bonds. The molecule has 1 aliphatic rings. The van der Waals surface area contributed by atoms with Gasteiger partial charge in [0.05, 0.1) is 5.41 Å². The van der Waals surface area contributed by atoms with E-state index in [-0.39, 0.29) is 0 Å². The molecule has 0 bridgehead atoms. The van der Waals surface area contributed by atoms with Crippen molar-refractivity contribution in [2.24, 2.45) is 0 Å². The number of carboxylic acid groups (broad SMARTS) is 1. The zero-order valence-corrected chi connectivity index (χ0v) is 11.6. The Morgan fingerprint density at radius 3 is 2.35 bits per heavy atom. The summed E-state index contributed by atoms with van der Waals surface area (Å²) in [6.07, 6.45) is 2.50. The van der Waals surface area contributed by atoms with Gasteiger partial charge >= 0.3 is 5.97 Å². The highest BCUT2D eigenvalue weighted by Crippen LogP contribution is 2.45. The van der Waals surface area contributed by atoms with Crippen molar-refractivity contribution in [2.75, 3.05) is 0 Å². The van der Waals surface area contributed by atoms with Gasteiger partial charge in [-0.1, -0.05) is 48.9 Å². The van der Waals surface area contributed by atoms with E-state index in [1.165, 1.54) is 5.56 Å². The fraction of sp³-hybridized carbons (Fsp3) is 0.278. The topological polar surface area (TPSA) is 37.3 Å². The fourth-order valence-electron chi connectivity index (χ4n) is 3.00. The molecule has 3 rings (SSSR count). The van der Waals surface area contributed by atoms with E-state index in [9.17, 15) is 9.90 Å². The third kappa shape index (κ3) is 1.92.